The van der Waals surface area contributed by atoms with Gasteiger partial charge in [-0.15, -0.1) is 0 Å². The Labute approximate surface area is 120 Å². The van der Waals surface area contributed by atoms with Crippen molar-refractivity contribution in [2.45, 2.75) is 6.92 Å². The highest BCUT2D eigenvalue weighted by molar-refractivity contribution is 5.94. The summed E-state index contributed by atoms with van der Waals surface area (Å²) in [5.74, 6) is 0.210. The quantitative estimate of drug-likeness (QED) is 0.687. The monoisotopic (exact) mass is 281 g/mol. The number of ether oxygens (including phenoxy) is 2. The summed E-state index contributed by atoms with van der Waals surface area (Å²) < 4.78 is 10.0. The second-order valence-corrected chi connectivity index (χ2v) is 4.34. The van der Waals surface area contributed by atoms with Crippen LogP contribution in [0.15, 0.2) is 18.3 Å². The van der Waals surface area contributed by atoms with E-state index in [1.165, 1.54) is 0 Å². The van der Waals surface area contributed by atoms with E-state index in [-0.39, 0.29) is 5.97 Å². The summed E-state index contributed by atoms with van der Waals surface area (Å²) in [6, 6.07) is 3.43. The van der Waals surface area contributed by atoms with Crippen LogP contribution in [0.5, 0.6) is 0 Å². The number of carbonyl (C=O) groups excluding carboxylic acids is 1. The normalized spacial score (nSPS) is 10.6. The standard InChI is InChI=1S/C14H23N3O3/c1-4-20-14(18)12-6-5-7-15-13(12)16-8-9-17(2)10-11-19-3/h5-7H,4,8-11H2,1-3H3,(H,15,16). The van der Waals surface area contributed by atoms with Crippen molar-refractivity contribution in [2.75, 3.05) is 52.3 Å². The van der Waals surface area contributed by atoms with Gasteiger partial charge in [0.1, 0.15) is 11.4 Å². The Kier molecular flexibility index (Phi) is 7.60. The molecule has 1 N–H and O–H groups in total. The maximum atomic E-state index is 11.8. The number of nitrogens with one attached hydrogen (secondary N) is 1. The van der Waals surface area contributed by atoms with Crippen molar-refractivity contribution in [3.8, 4) is 0 Å². The lowest BCUT2D eigenvalue weighted by Gasteiger charge is -2.17. The van der Waals surface area contributed by atoms with Crippen molar-refractivity contribution < 1.29 is 14.3 Å². The predicted octanol–water partition coefficient (Wildman–Crippen LogP) is 1.25. The number of aromatic nitrogens is 1. The average molecular weight is 281 g/mol. The Bertz CT molecular complexity index is 412. The summed E-state index contributed by atoms with van der Waals surface area (Å²) in [7, 11) is 3.71. The molecule has 0 unspecified atom stereocenters. The third-order valence-corrected chi connectivity index (χ3v) is 2.77. The van der Waals surface area contributed by atoms with E-state index in [9.17, 15) is 4.79 Å². The van der Waals surface area contributed by atoms with Crippen LogP contribution in [-0.2, 0) is 9.47 Å². The second-order valence-electron chi connectivity index (χ2n) is 4.34. The fourth-order valence-corrected chi connectivity index (χ4v) is 1.64. The first kappa shape index (κ1) is 16.4. The van der Waals surface area contributed by atoms with Crippen LogP contribution in [0.1, 0.15) is 17.3 Å². The SMILES string of the molecule is CCOC(=O)c1cccnc1NCCN(C)CCOC. The average Bonchev–Trinajstić information content (AvgIpc) is 2.46. The maximum absolute atomic E-state index is 11.8. The Morgan fingerprint density at radius 2 is 2.25 bits per heavy atom. The van der Waals surface area contributed by atoms with Gasteiger partial charge in [-0.1, -0.05) is 0 Å². The van der Waals surface area contributed by atoms with Gasteiger partial charge in [-0.2, -0.15) is 0 Å². The molecule has 0 saturated carbocycles. The van der Waals surface area contributed by atoms with E-state index in [1.54, 1.807) is 32.4 Å². The van der Waals surface area contributed by atoms with Crippen molar-refractivity contribution in [3.63, 3.8) is 0 Å². The third kappa shape index (κ3) is 5.54. The number of methoxy groups -OCH3 is 1. The highest BCUT2D eigenvalue weighted by Crippen LogP contribution is 2.12. The molecule has 0 spiro atoms. The zero-order valence-electron chi connectivity index (χ0n) is 12.4. The number of hydrogen-bond acceptors (Lipinski definition) is 6. The van der Waals surface area contributed by atoms with Gasteiger partial charge in [-0.25, -0.2) is 9.78 Å². The first-order valence-electron chi connectivity index (χ1n) is 6.72. The molecule has 1 aromatic heterocycles. The van der Waals surface area contributed by atoms with Gasteiger partial charge >= 0.3 is 5.97 Å². The number of carbonyl (C=O) groups is 1. The van der Waals surface area contributed by atoms with Gasteiger partial charge in [0, 0.05) is 32.9 Å². The Balaban J connectivity index is 2.49. The van der Waals surface area contributed by atoms with Crippen LogP contribution in [0, 0.1) is 0 Å². The van der Waals surface area contributed by atoms with Crippen LogP contribution in [0.4, 0.5) is 5.82 Å². The van der Waals surface area contributed by atoms with Gasteiger partial charge in [0.2, 0.25) is 0 Å². The van der Waals surface area contributed by atoms with E-state index in [2.05, 4.69) is 15.2 Å². The van der Waals surface area contributed by atoms with Gasteiger partial charge in [0.15, 0.2) is 0 Å². The van der Waals surface area contributed by atoms with Gasteiger partial charge in [0.25, 0.3) is 0 Å². The van der Waals surface area contributed by atoms with Crippen molar-refractivity contribution in [1.82, 2.24) is 9.88 Å². The molecule has 0 fully saturated rings. The van der Waals surface area contributed by atoms with E-state index in [0.717, 1.165) is 13.1 Å². The molecule has 0 aromatic carbocycles. The molecular weight excluding hydrogens is 258 g/mol. The summed E-state index contributed by atoms with van der Waals surface area (Å²) in [4.78, 5) is 18.1. The van der Waals surface area contributed by atoms with E-state index in [1.807, 2.05) is 7.05 Å². The highest BCUT2D eigenvalue weighted by Gasteiger charge is 2.12. The Morgan fingerprint density at radius 3 is 2.95 bits per heavy atom. The van der Waals surface area contributed by atoms with E-state index >= 15 is 0 Å². The molecule has 6 heteroatoms. The smallest absolute Gasteiger partial charge is 0.341 e. The number of pyridine rings is 1. The van der Waals surface area contributed by atoms with E-state index < -0.39 is 0 Å². The molecule has 0 saturated heterocycles. The predicted molar refractivity (Wildman–Crippen MR) is 78.1 cm³/mol. The summed E-state index contributed by atoms with van der Waals surface area (Å²) in [5.41, 5.74) is 0.467. The van der Waals surface area contributed by atoms with Gasteiger partial charge in [-0.3, -0.25) is 0 Å². The van der Waals surface area contributed by atoms with Gasteiger partial charge < -0.3 is 19.7 Å². The molecule has 6 nitrogen and oxygen atoms in total. The fourth-order valence-electron chi connectivity index (χ4n) is 1.64. The molecule has 1 rings (SSSR count). The number of nitrogens with zero attached hydrogens (tertiary/aromatic N) is 2. The largest absolute Gasteiger partial charge is 0.462 e. The molecule has 0 atom stereocenters. The molecule has 0 amide bonds. The number of hydrogen-bond donors (Lipinski definition) is 1. The molecule has 112 valence electrons. The minimum atomic E-state index is -0.351. The van der Waals surface area contributed by atoms with Crippen LogP contribution in [0.3, 0.4) is 0 Å². The van der Waals surface area contributed by atoms with Crippen molar-refractivity contribution in [2.24, 2.45) is 0 Å². The first-order valence-corrected chi connectivity index (χ1v) is 6.72. The van der Waals surface area contributed by atoms with Crippen LogP contribution in [0.25, 0.3) is 0 Å². The number of esters is 1. The molecule has 0 radical (unpaired) electrons. The molecule has 0 bridgehead atoms. The fraction of sp³-hybridized carbons (Fsp3) is 0.571. The first-order chi connectivity index (χ1) is 9.69. The van der Waals surface area contributed by atoms with Crippen LogP contribution < -0.4 is 5.32 Å². The van der Waals surface area contributed by atoms with E-state index in [0.29, 0.717) is 31.1 Å². The lowest BCUT2D eigenvalue weighted by atomic mass is 10.2. The molecule has 0 aliphatic rings. The topological polar surface area (TPSA) is 63.7 Å². The minimum absolute atomic E-state index is 0.351. The zero-order chi connectivity index (χ0) is 14.8. The third-order valence-electron chi connectivity index (χ3n) is 2.77. The zero-order valence-corrected chi connectivity index (χ0v) is 12.4. The van der Waals surface area contributed by atoms with Gasteiger partial charge in [-0.05, 0) is 26.1 Å². The van der Waals surface area contributed by atoms with Crippen LogP contribution >= 0.6 is 0 Å². The molecule has 20 heavy (non-hydrogen) atoms. The summed E-state index contributed by atoms with van der Waals surface area (Å²) >= 11 is 0. The van der Waals surface area contributed by atoms with Crippen molar-refractivity contribution in [3.05, 3.63) is 23.9 Å². The molecule has 0 aliphatic heterocycles. The maximum Gasteiger partial charge on any atom is 0.341 e. The molecular formula is C14H23N3O3. The van der Waals surface area contributed by atoms with Crippen LogP contribution in [-0.4, -0.2) is 62.9 Å². The number of likely N-dealkylation sites (N-methyl/N-ethyl adjacent to an activating group) is 1. The summed E-state index contributed by atoms with van der Waals surface area (Å²) in [6.45, 7) is 5.24. The minimum Gasteiger partial charge on any atom is -0.462 e. The lowest BCUT2D eigenvalue weighted by Crippen LogP contribution is -2.28. The Morgan fingerprint density at radius 1 is 1.45 bits per heavy atom. The summed E-state index contributed by atoms with van der Waals surface area (Å²) in [6.07, 6.45) is 1.65. The van der Waals surface area contributed by atoms with Gasteiger partial charge in [0.05, 0.1) is 13.2 Å². The number of rotatable bonds is 9. The Hall–Kier alpha value is -1.66. The molecule has 1 aromatic rings. The van der Waals surface area contributed by atoms with Crippen molar-refractivity contribution >= 4 is 11.8 Å². The lowest BCUT2D eigenvalue weighted by molar-refractivity contribution is 0.0527. The number of anilines is 1. The van der Waals surface area contributed by atoms with Crippen molar-refractivity contribution in [1.29, 1.82) is 0 Å². The molecule has 1 heterocycles. The van der Waals surface area contributed by atoms with Crippen LogP contribution in [0.2, 0.25) is 0 Å². The molecule has 0 aliphatic carbocycles. The highest BCUT2D eigenvalue weighted by atomic mass is 16.5. The second kappa shape index (κ2) is 9.28. The van der Waals surface area contributed by atoms with E-state index in [4.69, 9.17) is 9.47 Å². The summed E-state index contributed by atoms with van der Waals surface area (Å²) in [5, 5.41) is 3.17.